The zero-order chi connectivity index (χ0) is 13.5. The lowest BCUT2D eigenvalue weighted by Crippen LogP contribution is -2.31. The molecule has 0 bridgehead atoms. The monoisotopic (exact) mass is 251 g/mol. The normalized spacial score (nSPS) is 9.47. The molecule has 0 heterocycles. The van der Waals surface area contributed by atoms with Gasteiger partial charge in [-0.2, -0.15) is 4.79 Å². The van der Waals surface area contributed by atoms with Gasteiger partial charge in [-0.3, -0.25) is 9.69 Å². The van der Waals surface area contributed by atoms with E-state index in [1.807, 2.05) is 60.7 Å². The molecule has 0 aliphatic heterocycles. The maximum Gasteiger partial charge on any atom is 0.345 e. The molecule has 1 amide bonds. The Morgan fingerprint density at radius 2 is 1.63 bits per heavy atom. The highest BCUT2D eigenvalue weighted by Crippen LogP contribution is 2.16. The second kappa shape index (κ2) is 6.28. The largest absolute Gasteiger partial charge is 0.361 e. The van der Waals surface area contributed by atoms with E-state index in [1.165, 1.54) is 0 Å². The van der Waals surface area contributed by atoms with E-state index in [0.29, 0.717) is 6.54 Å². The number of carbonyl (C=O) groups is 1. The molecule has 0 aliphatic carbocycles. The summed E-state index contributed by atoms with van der Waals surface area (Å²) in [6, 6.07) is 18.9. The summed E-state index contributed by atoms with van der Waals surface area (Å²) in [4.78, 5) is 16.3. The van der Waals surface area contributed by atoms with Crippen molar-refractivity contribution in [2.45, 2.75) is 6.54 Å². The Morgan fingerprint density at radius 3 is 2.21 bits per heavy atom. The van der Waals surface area contributed by atoms with Crippen LogP contribution in [-0.4, -0.2) is 16.9 Å². The molecule has 0 unspecified atom stereocenters. The molecule has 4 nitrogen and oxygen atoms in total. The SMILES string of the molecule is [N-]=[N+]=CC(=O)N(Cc1ccccc1)c1ccccc1. The Morgan fingerprint density at radius 1 is 1.05 bits per heavy atom. The lowest BCUT2D eigenvalue weighted by atomic mass is 10.2. The third-order valence-corrected chi connectivity index (χ3v) is 2.69. The summed E-state index contributed by atoms with van der Waals surface area (Å²) in [5.74, 6) is -0.363. The predicted molar refractivity (Wildman–Crippen MR) is 73.8 cm³/mol. The van der Waals surface area contributed by atoms with Crippen molar-refractivity contribution in [2.24, 2.45) is 0 Å². The van der Waals surface area contributed by atoms with Crippen LogP contribution in [0.4, 0.5) is 5.69 Å². The standard InChI is InChI=1S/C15H13N3O/c16-17-11-15(19)18(14-9-5-2-6-10-14)12-13-7-3-1-4-8-13/h1-11H,12H2. The molecule has 0 aliphatic rings. The summed E-state index contributed by atoms with van der Waals surface area (Å²) in [6.07, 6.45) is 0.899. The molecule has 2 aromatic rings. The molecule has 94 valence electrons. The van der Waals surface area contributed by atoms with Gasteiger partial charge in [-0.1, -0.05) is 48.5 Å². The minimum atomic E-state index is -0.363. The van der Waals surface area contributed by atoms with Crippen molar-refractivity contribution in [2.75, 3.05) is 4.90 Å². The number of anilines is 1. The first-order valence-electron chi connectivity index (χ1n) is 5.89. The van der Waals surface area contributed by atoms with E-state index in [9.17, 15) is 4.79 Å². The quantitative estimate of drug-likeness (QED) is 0.468. The molecule has 4 heteroatoms. The van der Waals surface area contributed by atoms with Crippen LogP contribution in [0.25, 0.3) is 5.53 Å². The second-order valence-electron chi connectivity index (χ2n) is 3.99. The number of carbonyl (C=O) groups excluding carboxylic acids is 1. The summed E-state index contributed by atoms with van der Waals surface area (Å²) in [5, 5.41) is 0. The Labute approximate surface area is 111 Å². The molecule has 0 radical (unpaired) electrons. The summed E-state index contributed by atoms with van der Waals surface area (Å²) in [6.45, 7) is 0.426. The van der Waals surface area contributed by atoms with Crippen LogP contribution < -0.4 is 4.90 Å². The van der Waals surface area contributed by atoms with Crippen molar-refractivity contribution in [3.8, 4) is 0 Å². The maximum absolute atomic E-state index is 12.0. The van der Waals surface area contributed by atoms with Gasteiger partial charge < -0.3 is 5.53 Å². The molecule has 2 aromatic carbocycles. The fourth-order valence-electron chi connectivity index (χ4n) is 1.79. The van der Waals surface area contributed by atoms with Crippen LogP contribution >= 0.6 is 0 Å². The third-order valence-electron chi connectivity index (χ3n) is 2.69. The van der Waals surface area contributed by atoms with E-state index in [1.54, 1.807) is 4.90 Å². The topological polar surface area (TPSA) is 56.7 Å². The second-order valence-corrected chi connectivity index (χ2v) is 3.99. The van der Waals surface area contributed by atoms with Crippen LogP contribution in [0.1, 0.15) is 5.56 Å². The van der Waals surface area contributed by atoms with Gasteiger partial charge in [0.2, 0.25) is 0 Å². The van der Waals surface area contributed by atoms with Gasteiger partial charge in [-0.25, -0.2) is 0 Å². The lowest BCUT2D eigenvalue weighted by Gasteiger charge is -2.19. The number of para-hydroxylation sites is 1. The van der Waals surface area contributed by atoms with E-state index in [4.69, 9.17) is 5.53 Å². The van der Waals surface area contributed by atoms with Crippen LogP contribution in [-0.2, 0) is 11.3 Å². The minimum absolute atomic E-state index is 0.363. The molecule has 0 fully saturated rings. The number of rotatable bonds is 4. The van der Waals surface area contributed by atoms with Crippen molar-refractivity contribution in [3.05, 3.63) is 71.8 Å². The smallest absolute Gasteiger partial charge is 0.345 e. The maximum atomic E-state index is 12.0. The van der Waals surface area contributed by atoms with Gasteiger partial charge in [0.05, 0.1) is 6.54 Å². The van der Waals surface area contributed by atoms with E-state index in [0.717, 1.165) is 17.5 Å². The van der Waals surface area contributed by atoms with E-state index < -0.39 is 0 Å². The molecule has 0 spiro atoms. The zero-order valence-electron chi connectivity index (χ0n) is 10.3. The number of nitrogens with zero attached hydrogens (tertiary/aromatic N) is 3. The van der Waals surface area contributed by atoms with Crippen molar-refractivity contribution < 1.29 is 9.58 Å². The van der Waals surface area contributed by atoms with E-state index in [2.05, 4.69) is 4.79 Å². The predicted octanol–water partition coefficient (Wildman–Crippen LogP) is 2.52. The highest BCUT2D eigenvalue weighted by atomic mass is 16.2. The summed E-state index contributed by atoms with van der Waals surface area (Å²) in [5.41, 5.74) is 10.3. The highest BCUT2D eigenvalue weighted by molar-refractivity contribution is 6.30. The number of benzene rings is 2. The first kappa shape index (κ1) is 12.7. The van der Waals surface area contributed by atoms with E-state index in [-0.39, 0.29) is 5.91 Å². The van der Waals surface area contributed by atoms with Crippen LogP contribution in [0.2, 0.25) is 0 Å². The van der Waals surface area contributed by atoms with Crippen molar-refractivity contribution in [1.82, 2.24) is 0 Å². The molecule has 2 rings (SSSR count). The van der Waals surface area contributed by atoms with Gasteiger partial charge in [0.1, 0.15) is 0 Å². The number of hydrogen-bond acceptors (Lipinski definition) is 1. The molecular weight excluding hydrogens is 238 g/mol. The molecule has 0 saturated carbocycles. The summed E-state index contributed by atoms with van der Waals surface area (Å²) >= 11 is 0. The zero-order valence-corrected chi connectivity index (χ0v) is 10.3. The molecule has 0 saturated heterocycles. The van der Waals surface area contributed by atoms with Gasteiger partial charge >= 0.3 is 12.1 Å². The van der Waals surface area contributed by atoms with Gasteiger partial charge in [0, 0.05) is 5.69 Å². The van der Waals surface area contributed by atoms with Crippen molar-refractivity contribution in [1.29, 1.82) is 0 Å². The Kier molecular flexibility index (Phi) is 4.21. The Balaban J connectivity index is 2.30. The fourth-order valence-corrected chi connectivity index (χ4v) is 1.79. The van der Waals surface area contributed by atoms with E-state index >= 15 is 0 Å². The van der Waals surface area contributed by atoms with Crippen LogP contribution in [0.15, 0.2) is 60.7 Å². The molecule has 0 atom stereocenters. The van der Waals surface area contributed by atoms with Gasteiger partial charge in [-0.15, -0.1) is 0 Å². The van der Waals surface area contributed by atoms with Crippen LogP contribution in [0.3, 0.4) is 0 Å². The number of amides is 1. The van der Waals surface area contributed by atoms with Crippen molar-refractivity contribution >= 4 is 17.8 Å². The molecule has 19 heavy (non-hydrogen) atoms. The fraction of sp³-hybridized carbons (Fsp3) is 0.0667. The summed E-state index contributed by atoms with van der Waals surface area (Å²) < 4.78 is 0. The highest BCUT2D eigenvalue weighted by Gasteiger charge is 2.17. The lowest BCUT2D eigenvalue weighted by molar-refractivity contribution is -0.115. The Bertz CT molecular complexity index is 589. The first-order chi connectivity index (χ1) is 9.31. The average Bonchev–Trinajstić information content (AvgIpc) is 2.47. The Hall–Kier alpha value is -2.71. The number of hydrogen-bond donors (Lipinski definition) is 0. The molecular formula is C15H13N3O. The van der Waals surface area contributed by atoms with Crippen molar-refractivity contribution in [3.63, 3.8) is 0 Å². The van der Waals surface area contributed by atoms with Gasteiger partial charge in [0.15, 0.2) is 0 Å². The van der Waals surface area contributed by atoms with Crippen LogP contribution in [0.5, 0.6) is 0 Å². The molecule has 0 N–H and O–H groups in total. The van der Waals surface area contributed by atoms with Gasteiger partial charge in [-0.05, 0) is 17.7 Å². The summed E-state index contributed by atoms with van der Waals surface area (Å²) in [7, 11) is 0. The first-order valence-corrected chi connectivity index (χ1v) is 5.89. The minimum Gasteiger partial charge on any atom is -0.361 e. The third kappa shape index (κ3) is 3.37. The van der Waals surface area contributed by atoms with Crippen LogP contribution in [0, 0.1) is 0 Å². The average molecular weight is 251 g/mol. The molecule has 0 aromatic heterocycles. The van der Waals surface area contributed by atoms with Gasteiger partial charge in [0.25, 0.3) is 0 Å².